The van der Waals surface area contributed by atoms with Crippen LogP contribution in [0.3, 0.4) is 0 Å². The zero-order valence-electron chi connectivity index (χ0n) is 9.65. The Morgan fingerprint density at radius 2 is 2.00 bits per heavy atom. The van der Waals surface area contributed by atoms with E-state index in [0.29, 0.717) is 5.88 Å². The summed E-state index contributed by atoms with van der Waals surface area (Å²) >= 11 is 0. The van der Waals surface area contributed by atoms with Gasteiger partial charge in [-0.05, 0) is 25.5 Å². The Hall–Kier alpha value is -2.23. The highest BCUT2D eigenvalue weighted by Gasteiger charge is 2.15. The van der Waals surface area contributed by atoms with Crippen molar-refractivity contribution >= 4 is 16.9 Å². The second kappa shape index (κ2) is 3.38. The second-order valence-corrected chi connectivity index (χ2v) is 4.07. The number of hydrogen-bond acceptors (Lipinski definition) is 4. The number of aryl methyl sites for hydroxylation is 2. The second-order valence-electron chi connectivity index (χ2n) is 4.07. The summed E-state index contributed by atoms with van der Waals surface area (Å²) in [5, 5.41) is 4.78. The third-order valence-corrected chi connectivity index (χ3v) is 3.08. The molecule has 2 aromatic heterocycles. The highest BCUT2D eigenvalue weighted by Crippen LogP contribution is 2.36. The molecular formula is C13H12N2O2. The molecule has 1 aromatic carbocycles. The fourth-order valence-electron chi connectivity index (χ4n) is 2.10. The first-order valence-corrected chi connectivity index (χ1v) is 5.37. The Kier molecular flexibility index (Phi) is 1.98. The van der Waals surface area contributed by atoms with Gasteiger partial charge in [0.1, 0.15) is 11.3 Å². The van der Waals surface area contributed by atoms with E-state index in [9.17, 15) is 0 Å². The predicted molar refractivity (Wildman–Crippen MR) is 65.6 cm³/mol. The van der Waals surface area contributed by atoms with Gasteiger partial charge < -0.3 is 14.7 Å². The summed E-state index contributed by atoms with van der Waals surface area (Å²) in [6, 6.07) is 5.88. The van der Waals surface area contributed by atoms with Gasteiger partial charge in [0.25, 0.3) is 0 Å². The molecule has 2 heterocycles. The van der Waals surface area contributed by atoms with Crippen LogP contribution in [0.5, 0.6) is 0 Å². The molecular weight excluding hydrogens is 216 g/mol. The van der Waals surface area contributed by atoms with Gasteiger partial charge in [0, 0.05) is 10.9 Å². The Bertz CT molecular complexity index is 695. The molecule has 0 radical (unpaired) electrons. The van der Waals surface area contributed by atoms with E-state index in [2.05, 4.69) is 5.16 Å². The molecule has 0 saturated heterocycles. The molecule has 0 bridgehead atoms. The lowest BCUT2D eigenvalue weighted by Crippen LogP contribution is -1.86. The molecule has 3 aromatic rings. The van der Waals surface area contributed by atoms with Crippen LogP contribution in [0.15, 0.2) is 33.3 Å². The van der Waals surface area contributed by atoms with Crippen LogP contribution >= 0.6 is 0 Å². The number of anilines is 1. The van der Waals surface area contributed by atoms with Crippen LogP contribution in [0.1, 0.15) is 11.3 Å². The topological polar surface area (TPSA) is 65.2 Å². The minimum absolute atomic E-state index is 0.329. The van der Waals surface area contributed by atoms with Crippen molar-refractivity contribution < 1.29 is 8.94 Å². The molecule has 86 valence electrons. The maximum absolute atomic E-state index is 5.76. The summed E-state index contributed by atoms with van der Waals surface area (Å²) in [7, 11) is 0. The number of aromatic nitrogens is 1. The van der Waals surface area contributed by atoms with Crippen molar-refractivity contribution in [1.29, 1.82) is 0 Å². The molecule has 4 heteroatoms. The standard InChI is InChI=1S/C13H12N2O2/c1-7-8(2)16-11-5-3-4-9(12(7)11)10-6-15-17-13(10)14/h3-6H,14H2,1-2H3. The van der Waals surface area contributed by atoms with Crippen LogP contribution in [0.25, 0.3) is 22.1 Å². The maximum Gasteiger partial charge on any atom is 0.229 e. The Balaban J connectivity index is 2.41. The molecule has 0 fully saturated rings. The first-order chi connectivity index (χ1) is 8.18. The van der Waals surface area contributed by atoms with Crippen LogP contribution in [0.4, 0.5) is 5.88 Å². The molecule has 0 unspecified atom stereocenters. The number of hydrogen-bond donors (Lipinski definition) is 1. The molecule has 17 heavy (non-hydrogen) atoms. The van der Waals surface area contributed by atoms with Crippen molar-refractivity contribution in [2.24, 2.45) is 0 Å². The van der Waals surface area contributed by atoms with E-state index < -0.39 is 0 Å². The van der Waals surface area contributed by atoms with Crippen LogP contribution in [-0.2, 0) is 0 Å². The van der Waals surface area contributed by atoms with Gasteiger partial charge in [-0.3, -0.25) is 0 Å². The lowest BCUT2D eigenvalue weighted by atomic mass is 10.0. The van der Waals surface area contributed by atoms with Crippen molar-refractivity contribution in [3.8, 4) is 11.1 Å². The first-order valence-electron chi connectivity index (χ1n) is 5.37. The molecule has 0 amide bonds. The van der Waals surface area contributed by atoms with Gasteiger partial charge in [-0.1, -0.05) is 17.3 Å². The number of fused-ring (bicyclic) bond motifs is 1. The van der Waals surface area contributed by atoms with E-state index in [1.807, 2.05) is 32.0 Å². The van der Waals surface area contributed by atoms with E-state index >= 15 is 0 Å². The molecule has 0 aliphatic carbocycles. The van der Waals surface area contributed by atoms with Crippen molar-refractivity contribution in [1.82, 2.24) is 5.16 Å². The van der Waals surface area contributed by atoms with Gasteiger partial charge in [0.05, 0.1) is 11.8 Å². The molecule has 0 aliphatic rings. The van der Waals surface area contributed by atoms with E-state index in [-0.39, 0.29) is 0 Å². The van der Waals surface area contributed by atoms with E-state index in [1.54, 1.807) is 6.20 Å². The first kappa shape index (κ1) is 9.96. The van der Waals surface area contributed by atoms with E-state index in [4.69, 9.17) is 14.7 Å². The minimum atomic E-state index is 0.329. The van der Waals surface area contributed by atoms with Crippen molar-refractivity contribution in [3.63, 3.8) is 0 Å². The molecule has 0 spiro atoms. The van der Waals surface area contributed by atoms with Gasteiger partial charge in [0.2, 0.25) is 5.88 Å². The summed E-state index contributed by atoms with van der Waals surface area (Å²) in [4.78, 5) is 0. The largest absolute Gasteiger partial charge is 0.461 e. The Morgan fingerprint density at radius 3 is 2.71 bits per heavy atom. The van der Waals surface area contributed by atoms with Crippen molar-refractivity contribution in [3.05, 3.63) is 35.7 Å². The zero-order chi connectivity index (χ0) is 12.0. The van der Waals surface area contributed by atoms with Crippen LogP contribution in [-0.4, -0.2) is 5.16 Å². The fourth-order valence-corrected chi connectivity index (χ4v) is 2.10. The number of nitrogens with zero attached hydrogens (tertiary/aromatic N) is 1. The molecule has 0 saturated carbocycles. The summed E-state index contributed by atoms with van der Waals surface area (Å²) < 4.78 is 10.6. The van der Waals surface area contributed by atoms with Crippen LogP contribution in [0, 0.1) is 13.8 Å². The Morgan fingerprint density at radius 1 is 1.18 bits per heavy atom. The lowest BCUT2D eigenvalue weighted by molar-refractivity contribution is 0.436. The van der Waals surface area contributed by atoms with Crippen LogP contribution in [0.2, 0.25) is 0 Å². The third kappa shape index (κ3) is 1.34. The number of nitrogen functional groups attached to an aromatic ring is 1. The van der Waals surface area contributed by atoms with E-state index in [0.717, 1.165) is 33.4 Å². The summed E-state index contributed by atoms with van der Waals surface area (Å²) in [6.45, 7) is 3.99. The normalized spacial score (nSPS) is 11.2. The molecule has 2 N–H and O–H groups in total. The summed E-state index contributed by atoms with van der Waals surface area (Å²) in [5.41, 5.74) is 9.54. The number of benzene rings is 1. The van der Waals surface area contributed by atoms with Gasteiger partial charge in [0.15, 0.2) is 0 Å². The highest BCUT2D eigenvalue weighted by atomic mass is 16.5. The van der Waals surface area contributed by atoms with Crippen molar-refractivity contribution in [2.45, 2.75) is 13.8 Å². The number of furan rings is 1. The average Bonchev–Trinajstić information content (AvgIpc) is 2.85. The average molecular weight is 228 g/mol. The van der Waals surface area contributed by atoms with Gasteiger partial charge in [-0.2, -0.15) is 0 Å². The number of rotatable bonds is 1. The maximum atomic E-state index is 5.76. The number of nitrogens with two attached hydrogens (primary N) is 1. The summed E-state index contributed by atoms with van der Waals surface area (Å²) in [6.07, 6.45) is 1.63. The zero-order valence-corrected chi connectivity index (χ0v) is 9.65. The van der Waals surface area contributed by atoms with Gasteiger partial charge in [-0.25, -0.2) is 0 Å². The van der Waals surface area contributed by atoms with E-state index in [1.165, 1.54) is 0 Å². The summed E-state index contributed by atoms with van der Waals surface area (Å²) in [5.74, 6) is 1.25. The lowest BCUT2D eigenvalue weighted by Gasteiger charge is -2.00. The molecule has 3 rings (SSSR count). The third-order valence-electron chi connectivity index (χ3n) is 3.08. The highest BCUT2D eigenvalue weighted by molar-refractivity contribution is 5.98. The van der Waals surface area contributed by atoms with Gasteiger partial charge >= 0.3 is 0 Å². The quantitative estimate of drug-likeness (QED) is 0.694. The van der Waals surface area contributed by atoms with Crippen molar-refractivity contribution in [2.75, 3.05) is 5.73 Å². The molecule has 0 atom stereocenters. The van der Waals surface area contributed by atoms with Crippen LogP contribution < -0.4 is 5.73 Å². The minimum Gasteiger partial charge on any atom is -0.461 e. The monoisotopic (exact) mass is 228 g/mol. The smallest absolute Gasteiger partial charge is 0.229 e. The molecule has 0 aliphatic heterocycles. The Labute approximate surface area is 98.0 Å². The molecule has 4 nitrogen and oxygen atoms in total. The SMILES string of the molecule is Cc1oc2cccc(-c3cnoc3N)c2c1C. The van der Waals surface area contributed by atoms with Gasteiger partial charge in [-0.15, -0.1) is 0 Å². The fraction of sp³-hybridized carbons (Fsp3) is 0.154. The predicted octanol–water partition coefficient (Wildman–Crippen LogP) is 3.29.